The zero-order valence-electron chi connectivity index (χ0n) is 8.40. The number of rotatable bonds is 1. The second kappa shape index (κ2) is 3.02. The molecular weight excluding hydrogens is 146 g/mol. The minimum absolute atomic E-state index is 0.647. The average molecular weight is 167 g/mol. The van der Waals surface area contributed by atoms with E-state index in [0.717, 1.165) is 11.8 Å². The van der Waals surface area contributed by atoms with Crippen molar-refractivity contribution in [2.75, 3.05) is 13.1 Å². The van der Waals surface area contributed by atoms with E-state index >= 15 is 0 Å². The van der Waals surface area contributed by atoms with Crippen LogP contribution in [-0.4, -0.2) is 13.1 Å². The molecule has 1 aliphatic heterocycles. The van der Waals surface area contributed by atoms with Crippen LogP contribution in [0.3, 0.4) is 0 Å². The van der Waals surface area contributed by atoms with Crippen LogP contribution in [0.4, 0.5) is 0 Å². The van der Waals surface area contributed by atoms with Gasteiger partial charge in [-0.3, -0.25) is 0 Å². The Morgan fingerprint density at radius 3 is 2.00 bits per heavy atom. The molecule has 1 nitrogen and oxygen atoms in total. The lowest BCUT2D eigenvalue weighted by Crippen LogP contribution is -2.47. The van der Waals surface area contributed by atoms with E-state index in [1.165, 1.54) is 38.8 Å². The number of hydrogen-bond acceptors (Lipinski definition) is 1. The van der Waals surface area contributed by atoms with Crippen LogP contribution in [0, 0.1) is 17.3 Å². The topological polar surface area (TPSA) is 12.0 Å². The van der Waals surface area contributed by atoms with Crippen molar-refractivity contribution in [1.82, 2.24) is 5.32 Å². The SMILES string of the molecule is CC1(C)CCC(C2CNC2)CC1. The first kappa shape index (κ1) is 8.55. The molecule has 0 atom stereocenters. The zero-order valence-corrected chi connectivity index (χ0v) is 8.40. The standard InChI is InChI=1S/C11H21N/c1-11(2)5-3-9(4-6-11)10-7-12-8-10/h9-10,12H,3-8H2,1-2H3. The van der Waals surface area contributed by atoms with E-state index in [4.69, 9.17) is 0 Å². The van der Waals surface area contributed by atoms with Crippen molar-refractivity contribution in [3.05, 3.63) is 0 Å². The molecule has 1 N–H and O–H groups in total. The third kappa shape index (κ3) is 1.66. The minimum atomic E-state index is 0.647. The lowest BCUT2D eigenvalue weighted by atomic mass is 9.68. The van der Waals surface area contributed by atoms with Crippen LogP contribution in [0.15, 0.2) is 0 Å². The van der Waals surface area contributed by atoms with Crippen molar-refractivity contribution >= 4 is 0 Å². The van der Waals surface area contributed by atoms with Gasteiger partial charge in [0.05, 0.1) is 0 Å². The molecule has 1 saturated carbocycles. The average Bonchev–Trinajstić information content (AvgIpc) is 1.89. The molecule has 0 spiro atoms. The van der Waals surface area contributed by atoms with E-state index in [0.29, 0.717) is 5.41 Å². The predicted octanol–water partition coefficient (Wildman–Crippen LogP) is 2.42. The van der Waals surface area contributed by atoms with Crippen molar-refractivity contribution in [2.24, 2.45) is 17.3 Å². The molecule has 0 aromatic heterocycles. The molecule has 0 aromatic carbocycles. The zero-order chi connectivity index (χ0) is 8.60. The molecule has 0 amide bonds. The Morgan fingerprint density at radius 2 is 1.58 bits per heavy atom. The van der Waals surface area contributed by atoms with E-state index in [-0.39, 0.29) is 0 Å². The molecule has 2 fully saturated rings. The Bertz CT molecular complexity index is 148. The van der Waals surface area contributed by atoms with Crippen LogP contribution < -0.4 is 5.32 Å². The molecule has 1 saturated heterocycles. The van der Waals surface area contributed by atoms with Crippen LogP contribution in [-0.2, 0) is 0 Å². The molecule has 0 bridgehead atoms. The summed E-state index contributed by atoms with van der Waals surface area (Å²) in [4.78, 5) is 0. The van der Waals surface area contributed by atoms with Gasteiger partial charge in [0.25, 0.3) is 0 Å². The third-order valence-corrected chi connectivity index (χ3v) is 3.86. The predicted molar refractivity (Wildman–Crippen MR) is 52.1 cm³/mol. The third-order valence-electron chi connectivity index (χ3n) is 3.86. The lowest BCUT2D eigenvalue weighted by Gasteiger charge is -2.41. The summed E-state index contributed by atoms with van der Waals surface area (Å²) in [6.45, 7) is 7.43. The molecule has 0 aromatic rings. The van der Waals surface area contributed by atoms with Crippen molar-refractivity contribution in [3.8, 4) is 0 Å². The summed E-state index contributed by atoms with van der Waals surface area (Å²) in [6, 6.07) is 0. The highest BCUT2D eigenvalue weighted by Crippen LogP contribution is 2.41. The van der Waals surface area contributed by atoms with Crippen LogP contribution in [0.25, 0.3) is 0 Å². The molecule has 2 rings (SSSR count). The maximum absolute atomic E-state index is 3.38. The highest BCUT2D eigenvalue weighted by atomic mass is 14.9. The van der Waals surface area contributed by atoms with Gasteiger partial charge >= 0.3 is 0 Å². The molecule has 0 unspecified atom stereocenters. The molecule has 70 valence electrons. The molecule has 2 aliphatic rings. The Morgan fingerprint density at radius 1 is 1.00 bits per heavy atom. The quantitative estimate of drug-likeness (QED) is 0.632. The Labute approximate surface area is 75.9 Å². The normalized spacial score (nSPS) is 31.5. The summed E-state index contributed by atoms with van der Waals surface area (Å²) < 4.78 is 0. The molecular formula is C11H21N. The van der Waals surface area contributed by atoms with Gasteiger partial charge in [0.1, 0.15) is 0 Å². The smallest absolute Gasteiger partial charge is 0.000559 e. The summed E-state index contributed by atoms with van der Waals surface area (Å²) in [7, 11) is 0. The Hall–Kier alpha value is -0.0400. The fourth-order valence-corrected chi connectivity index (χ4v) is 2.54. The van der Waals surface area contributed by atoms with Gasteiger partial charge in [-0.05, 0) is 56.0 Å². The molecule has 1 aliphatic carbocycles. The van der Waals surface area contributed by atoms with Crippen LogP contribution in [0.5, 0.6) is 0 Å². The fraction of sp³-hybridized carbons (Fsp3) is 1.00. The highest BCUT2D eigenvalue weighted by Gasteiger charge is 2.33. The van der Waals surface area contributed by atoms with E-state index in [1.807, 2.05) is 0 Å². The lowest BCUT2D eigenvalue weighted by molar-refractivity contribution is 0.120. The second-order valence-electron chi connectivity index (χ2n) is 5.42. The van der Waals surface area contributed by atoms with Gasteiger partial charge in [0.2, 0.25) is 0 Å². The summed E-state index contributed by atoms with van der Waals surface area (Å²) in [5, 5.41) is 3.38. The summed E-state index contributed by atoms with van der Waals surface area (Å²) in [6.07, 6.45) is 5.88. The largest absolute Gasteiger partial charge is 0.316 e. The van der Waals surface area contributed by atoms with Gasteiger partial charge in [0, 0.05) is 0 Å². The highest BCUT2D eigenvalue weighted by molar-refractivity contribution is 4.87. The maximum atomic E-state index is 3.38. The molecule has 1 heteroatoms. The van der Waals surface area contributed by atoms with Crippen molar-refractivity contribution < 1.29 is 0 Å². The van der Waals surface area contributed by atoms with Crippen molar-refractivity contribution in [2.45, 2.75) is 39.5 Å². The van der Waals surface area contributed by atoms with E-state index in [1.54, 1.807) is 0 Å². The summed E-state index contributed by atoms with van der Waals surface area (Å²) in [5.74, 6) is 2.08. The molecule has 1 heterocycles. The first-order valence-electron chi connectivity index (χ1n) is 5.38. The van der Waals surface area contributed by atoms with Gasteiger partial charge in [-0.15, -0.1) is 0 Å². The van der Waals surface area contributed by atoms with Gasteiger partial charge in [-0.2, -0.15) is 0 Å². The molecule has 12 heavy (non-hydrogen) atoms. The maximum Gasteiger partial charge on any atom is -0.000559 e. The summed E-state index contributed by atoms with van der Waals surface area (Å²) >= 11 is 0. The number of hydrogen-bond donors (Lipinski definition) is 1. The van der Waals surface area contributed by atoms with Crippen molar-refractivity contribution in [1.29, 1.82) is 0 Å². The fourth-order valence-electron chi connectivity index (χ4n) is 2.54. The van der Waals surface area contributed by atoms with Crippen LogP contribution in [0.1, 0.15) is 39.5 Å². The van der Waals surface area contributed by atoms with Gasteiger partial charge in [-0.1, -0.05) is 13.8 Å². The van der Waals surface area contributed by atoms with E-state index < -0.39 is 0 Å². The minimum Gasteiger partial charge on any atom is -0.316 e. The van der Waals surface area contributed by atoms with E-state index in [2.05, 4.69) is 19.2 Å². The van der Waals surface area contributed by atoms with Crippen LogP contribution >= 0.6 is 0 Å². The summed E-state index contributed by atoms with van der Waals surface area (Å²) in [5.41, 5.74) is 0.647. The van der Waals surface area contributed by atoms with Crippen molar-refractivity contribution in [3.63, 3.8) is 0 Å². The first-order valence-corrected chi connectivity index (χ1v) is 5.38. The van der Waals surface area contributed by atoms with Gasteiger partial charge < -0.3 is 5.32 Å². The first-order chi connectivity index (χ1) is 5.67. The monoisotopic (exact) mass is 167 g/mol. The Kier molecular flexibility index (Phi) is 2.16. The van der Waals surface area contributed by atoms with Gasteiger partial charge in [0.15, 0.2) is 0 Å². The number of nitrogens with one attached hydrogen (secondary N) is 1. The Balaban J connectivity index is 1.81. The van der Waals surface area contributed by atoms with E-state index in [9.17, 15) is 0 Å². The van der Waals surface area contributed by atoms with Crippen LogP contribution in [0.2, 0.25) is 0 Å². The molecule has 0 radical (unpaired) electrons. The second-order valence-corrected chi connectivity index (χ2v) is 5.42. The van der Waals surface area contributed by atoms with Gasteiger partial charge in [-0.25, -0.2) is 0 Å².